The van der Waals surface area contributed by atoms with Crippen molar-refractivity contribution in [3.8, 4) is 17.2 Å². The number of phenolic OH excluding ortho intramolecular Hbond substituents is 1. The van der Waals surface area contributed by atoms with Gasteiger partial charge in [0.1, 0.15) is 17.2 Å². The minimum atomic E-state index is -0.314. The van der Waals surface area contributed by atoms with Gasteiger partial charge in [-0.1, -0.05) is 69.5 Å². The third-order valence-corrected chi connectivity index (χ3v) is 8.72. The molecule has 0 heterocycles. The molecule has 4 atom stereocenters. The second kappa shape index (κ2) is 15.8. The Morgan fingerprint density at radius 1 is 0.786 bits per heavy atom. The molecule has 0 aliphatic heterocycles. The Hall–Kier alpha value is -3.31. The maximum Gasteiger partial charge on any atom is 0.308 e. The predicted molar refractivity (Wildman–Crippen MR) is 168 cm³/mol. The molecule has 5 heteroatoms. The van der Waals surface area contributed by atoms with Gasteiger partial charge in [0.15, 0.2) is 6.29 Å². The lowest BCUT2D eigenvalue weighted by Crippen LogP contribution is -2.22. The Morgan fingerprint density at radius 3 is 1.98 bits per heavy atom. The highest BCUT2D eigenvalue weighted by atomic mass is 16.7. The molecule has 0 radical (unpaired) electrons. The van der Waals surface area contributed by atoms with Crippen LogP contribution in [0.3, 0.4) is 0 Å². The SMILES string of the molecule is CCC(CC(CC(C)c1ccc(OC(C)=O)cc1)c1ccc(O)cc1)c1ccc(OC(C)OCC2CCCCC2)cc1. The number of rotatable bonds is 14. The molecule has 0 bridgehead atoms. The molecule has 42 heavy (non-hydrogen) atoms. The molecule has 226 valence electrons. The second-order valence-corrected chi connectivity index (χ2v) is 12.0. The molecule has 1 fully saturated rings. The van der Waals surface area contributed by atoms with E-state index in [-0.39, 0.29) is 18.0 Å². The van der Waals surface area contributed by atoms with E-state index in [1.807, 2.05) is 31.2 Å². The van der Waals surface area contributed by atoms with Crippen LogP contribution in [-0.4, -0.2) is 24.0 Å². The first-order chi connectivity index (χ1) is 20.3. The van der Waals surface area contributed by atoms with Gasteiger partial charge in [-0.25, -0.2) is 0 Å². The molecule has 5 nitrogen and oxygen atoms in total. The molecule has 3 aromatic carbocycles. The lowest BCUT2D eigenvalue weighted by Gasteiger charge is -2.27. The van der Waals surface area contributed by atoms with Crippen molar-refractivity contribution in [2.75, 3.05) is 6.61 Å². The van der Waals surface area contributed by atoms with Gasteiger partial charge in [0.2, 0.25) is 0 Å². The maximum absolute atomic E-state index is 11.3. The minimum Gasteiger partial charge on any atom is -0.508 e. The summed E-state index contributed by atoms with van der Waals surface area (Å²) in [6.45, 7) is 8.68. The summed E-state index contributed by atoms with van der Waals surface area (Å²) in [5.41, 5.74) is 3.75. The van der Waals surface area contributed by atoms with Crippen molar-refractivity contribution in [2.24, 2.45) is 5.92 Å². The van der Waals surface area contributed by atoms with E-state index in [1.54, 1.807) is 12.1 Å². The van der Waals surface area contributed by atoms with Gasteiger partial charge in [0, 0.05) is 6.92 Å². The highest BCUT2D eigenvalue weighted by Gasteiger charge is 2.22. The fourth-order valence-electron chi connectivity index (χ4n) is 6.26. The fraction of sp³-hybridized carbons (Fsp3) is 0.486. The van der Waals surface area contributed by atoms with Gasteiger partial charge in [-0.2, -0.15) is 0 Å². The van der Waals surface area contributed by atoms with Crippen molar-refractivity contribution >= 4 is 5.97 Å². The highest BCUT2D eigenvalue weighted by Crippen LogP contribution is 2.39. The molecule has 0 spiro atoms. The molecular formula is C37H48O5. The zero-order valence-electron chi connectivity index (χ0n) is 25.8. The van der Waals surface area contributed by atoms with E-state index in [1.165, 1.54) is 55.7 Å². The summed E-state index contributed by atoms with van der Waals surface area (Å²) < 4.78 is 17.3. The summed E-state index contributed by atoms with van der Waals surface area (Å²) in [6.07, 6.45) is 9.27. The van der Waals surface area contributed by atoms with Gasteiger partial charge in [-0.3, -0.25) is 4.79 Å². The normalized spacial score (nSPS) is 16.8. The van der Waals surface area contributed by atoms with Crippen LogP contribution < -0.4 is 9.47 Å². The second-order valence-electron chi connectivity index (χ2n) is 12.0. The molecule has 1 saturated carbocycles. The number of carbonyl (C=O) groups excluding carboxylic acids is 1. The number of carbonyl (C=O) groups is 1. The molecular weight excluding hydrogens is 524 g/mol. The Bertz CT molecular complexity index is 1210. The van der Waals surface area contributed by atoms with Crippen LogP contribution in [0, 0.1) is 5.92 Å². The van der Waals surface area contributed by atoms with Gasteiger partial charge in [0.05, 0.1) is 6.61 Å². The first-order valence-corrected chi connectivity index (χ1v) is 15.8. The Labute approximate surface area is 252 Å². The largest absolute Gasteiger partial charge is 0.508 e. The smallest absolute Gasteiger partial charge is 0.308 e. The zero-order valence-corrected chi connectivity index (χ0v) is 25.8. The van der Waals surface area contributed by atoms with Crippen molar-refractivity contribution in [3.63, 3.8) is 0 Å². The van der Waals surface area contributed by atoms with Crippen LogP contribution in [0.5, 0.6) is 17.2 Å². The van der Waals surface area contributed by atoms with E-state index < -0.39 is 0 Å². The topological polar surface area (TPSA) is 65.0 Å². The van der Waals surface area contributed by atoms with E-state index in [2.05, 4.69) is 50.2 Å². The summed E-state index contributed by atoms with van der Waals surface area (Å²) in [5.74, 6) is 3.04. The van der Waals surface area contributed by atoms with Crippen LogP contribution in [0.25, 0.3) is 0 Å². The van der Waals surface area contributed by atoms with E-state index >= 15 is 0 Å². The third-order valence-electron chi connectivity index (χ3n) is 8.72. The average molecular weight is 573 g/mol. The summed E-state index contributed by atoms with van der Waals surface area (Å²) in [4.78, 5) is 11.3. The van der Waals surface area contributed by atoms with Crippen LogP contribution >= 0.6 is 0 Å². The van der Waals surface area contributed by atoms with Crippen molar-refractivity contribution in [1.82, 2.24) is 0 Å². The van der Waals surface area contributed by atoms with Crippen LogP contribution in [0.4, 0.5) is 0 Å². The molecule has 0 saturated heterocycles. The van der Waals surface area contributed by atoms with E-state index in [9.17, 15) is 9.90 Å². The Kier molecular flexibility index (Phi) is 11.9. The van der Waals surface area contributed by atoms with Crippen LogP contribution in [0.2, 0.25) is 0 Å². The van der Waals surface area contributed by atoms with Gasteiger partial charge in [0.25, 0.3) is 0 Å². The summed E-state index contributed by atoms with van der Waals surface area (Å²) in [5, 5.41) is 9.92. The summed E-state index contributed by atoms with van der Waals surface area (Å²) in [6, 6.07) is 24.0. The molecule has 0 aromatic heterocycles. The molecule has 4 unspecified atom stereocenters. The quantitative estimate of drug-likeness (QED) is 0.118. The number of aromatic hydroxyl groups is 1. The predicted octanol–water partition coefficient (Wildman–Crippen LogP) is 9.50. The van der Waals surface area contributed by atoms with Crippen molar-refractivity contribution in [1.29, 1.82) is 0 Å². The first-order valence-electron chi connectivity index (χ1n) is 15.8. The van der Waals surface area contributed by atoms with E-state index in [0.717, 1.165) is 31.6 Å². The van der Waals surface area contributed by atoms with Crippen LogP contribution in [0.15, 0.2) is 72.8 Å². The lowest BCUT2D eigenvalue weighted by atomic mass is 9.78. The summed E-state index contributed by atoms with van der Waals surface area (Å²) in [7, 11) is 0. The number of hydrogen-bond donors (Lipinski definition) is 1. The van der Waals surface area contributed by atoms with Gasteiger partial charge < -0.3 is 19.3 Å². The average Bonchev–Trinajstić information content (AvgIpc) is 2.99. The van der Waals surface area contributed by atoms with Crippen LogP contribution in [-0.2, 0) is 9.53 Å². The first kappa shape index (κ1) is 31.6. The van der Waals surface area contributed by atoms with Crippen molar-refractivity contribution in [2.45, 2.75) is 103 Å². The Balaban J connectivity index is 1.40. The molecule has 4 rings (SSSR count). The van der Waals surface area contributed by atoms with Gasteiger partial charge >= 0.3 is 5.97 Å². The monoisotopic (exact) mass is 572 g/mol. The number of ether oxygens (including phenoxy) is 3. The number of benzene rings is 3. The minimum absolute atomic E-state index is 0.261. The molecule has 0 amide bonds. The fourth-order valence-corrected chi connectivity index (χ4v) is 6.26. The van der Waals surface area contributed by atoms with Crippen LogP contribution in [0.1, 0.15) is 114 Å². The number of phenols is 1. The van der Waals surface area contributed by atoms with Crippen molar-refractivity contribution < 1.29 is 24.1 Å². The molecule has 1 N–H and O–H groups in total. The molecule has 1 aliphatic rings. The number of hydrogen-bond acceptors (Lipinski definition) is 5. The lowest BCUT2D eigenvalue weighted by molar-refractivity contribution is -0.131. The summed E-state index contributed by atoms with van der Waals surface area (Å²) >= 11 is 0. The molecule has 3 aromatic rings. The van der Waals surface area contributed by atoms with Gasteiger partial charge in [-0.05, 0) is 116 Å². The zero-order chi connectivity index (χ0) is 29.9. The highest BCUT2D eigenvalue weighted by molar-refractivity contribution is 5.69. The van der Waals surface area contributed by atoms with E-state index in [0.29, 0.717) is 29.4 Å². The van der Waals surface area contributed by atoms with Crippen molar-refractivity contribution in [3.05, 3.63) is 89.5 Å². The van der Waals surface area contributed by atoms with E-state index in [4.69, 9.17) is 14.2 Å². The van der Waals surface area contributed by atoms with Gasteiger partial charge in [-0.15, -0.1) is 0 Å². The molecule has 1 aliphatic carbocycles. The third kappa shape index (κ3) is 9.62. The number of esters is 1. The standard InChI is InChI=1S/C37H48O5/c1-5-30(32-15-21-37(22-16-32)42-28(4)40-25-29-9-7-6-8-10-29)24-34(33-11-17-35(39)18-12-33)23-26(2)31-13-19-36(20-14-31)41-27(3)38/h11-22,26,28-30,34,39H,5-10,23-25H2,1-4H3. The maximum atomic E-state index is 11.3. The Morgan fingerprint density at radius 2 is 1.36 bits per heavy atom.